The molecule has 92 valence electrons. The minimum Gasteiger partial charge on any atom is -0.480 e. The molecule has 1 aromatic rings. The van der Waals surface area contributed by atoms with Crippen LogP contribution >= 0.6 is 0 Å². The highest BCUT2D eigenvalue weighted by molar-refractivity contribution is 5.96. The highest BCUT2D eigenvalue weighted by Crippen LogP contribution is 2.09. The van der Waals surface area contributed by atoms with E-state index >= 15 is 0 Å². The molecule has 0 aliphatic heterocycles. The number of carbonyl (C=O) groups excluding carboxylic acids is 1. The Hall–Kier alpha value is -1.91. The van der Waals surface area contributed by atoms with Crippen molar-refractivity contribution in [2.75, 3.05) is 0 Å². The van der Waals surface area contributed by atoms with E-state index in [9.17, 15) is 14.0 Å². The van der Waals surface area contributed by atoms with Gasteiger partial charge in [0.1, 0.15) is 11.9 Å². The maximum absolute atomic E-state index is 13.2. The summed E-state index contributed by atoms with van der Waals surface area (Å²) < 4.78 is 13.2. The van der Waals surface area contributed by atoms with Gasteiger partial charge in [0.2, 0.25) is 0 Å². The molecular formula is C12H14FNO3. The van der Waals surface area contributed by atoms with Gasteiger partial charge in [-0.25, -0.2) is 9.18 Å². The fourth-order valence-corrected chi connectivity index (χ4v) is 1.31. The van der Waals surface area contributed by atoms with Crippen molar-refractivity contribution in [1.29, 1.82) is 0 Å². The van der Waals surface area contributed by atoms with Crippen LogP contribution in [0.5, 0.6) is 0 Å². The number of amides is 1. The van der Waals surface area contributed by atoms with E-state index in [0.717, 1.165) is 6.07 Å². The van der Waals surface area contributed by atoms with Gasteiger partial charge in [-0.2, -0.15) is 0 Å². The van der Waals surface area contributed by atoms with Gasteiger partial charge >= 0.3 is 5.97 Å². The van der Waals surface area contributed by atoms with Gasteiger partial charge in [0.25, 0.3) is 5.91 Å². The number of carboxylic acid groups (broad SMARTS) is 1. The Morgan fingerprint density at radius 1 is 1.47 bits per heavy atom. The maximum atomic E-state index is 13.2. The topological polar surface area (TPSA) is 66.4 Å². The minimum atomic E-state index is -1.10. The minimum absolute atomic E-state index is 0.118. The van der Waals surface area contributed by atoms with Crippen LogP contribution in [0.1, 0.15) is 29.3 Å². The van der Waals surface area contributed by atoms with Crippen LogP contribution in [-0.4, -0.2) is 23.0 Å². The van der Waals surface area contributed by atoms with E-state index in [1.165, 1.54) is 12.1 Å². The van der Waals surface area contributed by atoms with Gasteiger partial charge in [-0.3, -0.25) is 4.79 Å². The quantitative estimate of drug-likeness (QED) is 0.840. The zero-order valence-electron chi connectivity index (χ0n) is 9.66. The SMILES string of the molecule is CC[C@@H](NC(=O)c1ccc(C)c(F)c1)C(=O)O. The van der Waals surface area contributed by atoms with Gasteiger partial charge < -0.3 is 10.4 Å². The molecule has 0 aliphatic carbocycles. The fourth-order valence-electron chi connectivity index (χ4n) is 1.31. The second kappa shape index (κ2) is 5.43. The number of hydrogen-bond donors (Lipinski definition) is 2. The third-order valence-corrected chi connectivity index (χ3v) is 2.45. The van der Waals surface area contributed by atoms with E-state index in [4.69, 9.17) is 5.11 Å². The summed E-state index contributed by atoms with van der Waals surface area (Å²) in [5, 5.41) is 11.1. The molecule has 0 aromatic heterocycles. The van der Waals surface area contributed by atoms with Crippen molar-refractivity contribution in [3.05, 3.63) is 35.1 Å². The Kier molecular flexibility index (Phi) is 4.20. The number of hydrogen-bond acceptors (Lipinski definition) is 2. The molecule has 0 bridgehead atoms. The van der Waals surface area contributed by atoms with Crippen LogP contribution in [0.15, 0.2) is 18.2 Å². The lowest BCUT2D eigenvalue weighted by Crippen LogP contribution is -2.40. The maximum Gasteiger partial charge on any atom is 0.326 e. The Morgan fingerprint density at radius 3 is 2.59 bits per heavy atom. The number of rotatable bonds is 4. The first-order valence-corrected chi connectivity index (χ1v) is 5.25. The zero-order valence-corrected chi connectivity index (χ0v) is 9.66. The van der Waals surface area contributed by atoms with Crippen LogP contribution in [0.25, 0.3) is 0 Å². The molecule has 17 heavy (non-hydrogen) atoms. The Labute approximate surface area is 98.5 Å². The molecule has 0 saturated carbocycles. The van der Waals surface area contributed by atoms with Crippen LogP contribution in [0.3, 0.4) is 0 Å². The summed E-state index contributed by atoms with van der Waals surface area (Å²) in [4.78, 5) is 22.4. The second-order valence-corrected chi connectivity index (χ2v) is 3.74. The highest BCUT2D eigenvalue weighted by Gasteiger charge is 2.18. The number of halogens is 1. The summed E-state index contributed by atoms with van der Waals surface area (Å²) >= 11 is 0. The number of aryl methyl sites for hydroxylation is 1. The zero-order chi connectivity index (χ0) is 13.0. The first-order valence-electron chi connectivity index (χ1n) is 5.25. The standard InChI is InChI=1S/C12H14FNO3/c1-3-10(12(16)17)14-11(15)8-5-4-7(2)9(13)6-8/h4-6,10H,3H2,1-2H3,(H,14,15)(H,16,17)/t10-/m1/s1. The van der Waals surface area contributed by atoms with E-state index in [-0.39, 0.29) is 12.0 Å². The van der Waals surface area contributed by atoms with E-state index in [1.807, 2.05) is 0 Å². The number of carbonyl (C=O) groups is 2. The molecule has 4 nitrogen and oxygen atoms in total. The third-order valence-electron chi connectivity index (χ3n) is 2.45. The van der Waals surface area contributed by atoms with Gasteiger partial charge in [0, 0.05) is 5.56 Å². The van der Waals surface area contributed by atoms with Crippen molar-refractivity contribution in [3.63, 3.8) is 0 Å². The van der Waals surface area contributed by atoms with E-state index in [2.05, 4.69) is 5.32 Å². The van der Waals surface area contributed by atoms with E-state index in [0.29, 0.717) is 5.56 Å². The average Bonchev–Trinajstić information content (AvgIpc) is 2.28. The van der Waals surface area contributed by atoms with Gasteiger partial charge in [0.05, 0.1) is 0 Å². The van der Waals surface area contributed by atoms with Crippen LogP contribution in [0, 0.1) is 12.7 Å². The summed E-state index contributed by atoms with van der Waals surface area (Å²) in [5.41, 5.74) is 0.555. The van der Waals surface area contributed by atoms with Gasteiger partial charge in [-0.15, -0.1) is 0 Å². The van der Waals surface area contributed by atoms with Crippen LogP contribution in [0.2, 0.25) is 0 Å². The molecule has 0 unspecified atom stereocenters. The summed E-state index contributed by atoms with van der Waals surface area (Å²) in [6.07, 6.45) is 0.273. The molecule has 0 saturated heterocycles. The molecule has 1 amide bonds. The molecule has 1 rings (SSSR count). The van der Waals surface area contributed by atoms with Gasteiger partial charge in [-0.05, 0) is 31.0 Å². The third kappa shape index (κ3) is 3.27. The van der Waals surface area contributed by atoms with Crippen molar-refractivity contribution < 1.29 is 19.1 Å². The van der Waals surface area contributed by atoms with Gasteiger partial charge in [-0.1, -0.05) is 13.0 Å². The van der Waals surface area contributed by atoms with Crippen molar-refractivity contribution >= 4 is 11.9 Å². The van der Waals surface area contributed by atoms with E-state index < -0.39 is 23.7 Å². The van der Waals surface area contributed by atoms with Gasteiger partial charge in [0.15, 0.2) is 0 Å². The average molecular weight is 239 g/mol. The molecule has 1 atom stereocenters. The molecule has 5 heteroatoms. The molecule has 0 spiro atoms. The highest BCUT2D eigenvalue weighted by atomic mass is 19.1. The van der Waals surface area contributed by atoms with Crippen LogP contribution < -0.4 is 5.32 Å². The fraction of sp³-hybridized carbons (Fsp3) is 0.333. The predicted octanol–water partition coefficient (Wildman–Crippen LogP) is 1.73. The van der Waals surface area contributed by atoms with E-state index in [1.54, 1.807) is 13.8 Å². The number of nitrogens with one attached hydrogen (secondary N) is 1. The van der Waals surface area contributed by atoms with Crippen LogP contribution in [-0.2, 0) is 4.79 Å². The van der Waals surface area contributed by atoms with Crippen molar-refractivity contribution in [1.82, 2.24) is 5.32 Å². The lowest BCUT2D eigenvalue weighted by molar-refractivity contribution is -0.139. The summed E-state index contributed by atoms with van der Waals surface area (Å²) in [6.45, 7) is 3.23. The first-order chi connectivity index (χ1) is 7.95. The molecule has 0 radical (unpaired) electrons. The Balaban J connectivity index is 2.82. The smallest absolute Gasteiger partial charge is 0.326 e. The molecule has 0 fully saturated rings. The Morgan fingerprint density at radius 2 is 2.12 bits per heavy atom. The predicted molar refractivity (Wildman–Crippen MR) is 60.3 cm³/mol. The summed E-state index contributed by atoms with van der Waals surface area (Å²) in [5.74, 6) is -2.17. The molecular weight excluding hydrogens is 225 g/mol. The first kappa shape index (κ1) is 13.2. The lowest BCUT2D eigenvalue weighted by atomic mass is 10.1. The number of aliphatic carboxylic acids is 1. The summed E-state index contributed by atoms with van der Waals surface area (Å²) in [6, 6.07) is 3.08. The molecule has 2 N–H and O–H groups in total. The van der Waals surface area contributed by atoms with Crippen LogP contribution in [0.4, 0.5) is 4.39 Å². The Bertz CT molecular complexity index is 445. The largest absolute Gasteiger partial charge is 0.480 e. The normalized spacial score (nSPS) is 11.9. The monoisotopic (exact) mass is 239 g/mol. The number of carboxylic acids is 1. The lowest BCUT2D eigenvalue weighted by Gasteiger charge is -2.12. The molecule has 1 aromatic carbocycles. The number of benzene rings is 1. The van der Waals surface area contributed by atoms with Crippen molar-refractivity contribution in [2.24, 2.45) is 0 Å². The van der Waals surface area contributed by atoms with Crippen molar-refractivity contribution in [2.45, 2.75) is 26.3 Å². The van der Waals surface area contributed by atoms with Crippen molar-refractivity contribution in [3.8, 4) is 0 Å². The second-order valence-electron chi connectivity index (χ2n) is 3.74. The molecule has 0 aliphatic rings. The molecule has 0 heterocycles. The summed E-state index contributed by atoms with van der Waals surface area (Å²) in [7, 11) is 0.